The van der Waals surface area contributed by atoms with Crippen molar-refractivity contribution < 1.29 is 29.0 Å². The van der Waals surface area contributed by atoms with E-state index in [1.165, 1.54) is 7.11 Å². The number of aliphatic carboxylic acids is 1. The molecular weight excluding hydrogens is 486 g/mol. The van der Waals surface area contributed by atoms with Crippen molar-refractivity contribution in [1.29, 1.82) is 0 Å². The number of nitrogens with zero attached hydrogens (tertiary/aromatic N) is 1. The lowest BCUT2D eigenvalue weighted by molar-refractivity contribution is -0.136. The molecule has 1 aromatic carbocycles. The van der Waals surface area contributed by atoms with E-state index >= 15 is 0 Å². The summed E-state index contributed by atoms with van der Waals surface area (Å²) in [5.74, 6) is -2.03. The Hall–Kier alpha value is -3.81. The van der Waals surface area contributed by atoms with E-state index in [-0.39, 0.29) is 19.4 Å². The van der Waals surface area contributed by atoms with Crippen molar-refractivity contribution in [3.63, 3.8) is 0 Å². The molecule has 9 nitrogen and oxygen atoms in total. The topological polar surface area (TPSA) is 125 Å². The summed E-state index contributed by atoms with van der Waals surface area (Å²) in [5, 5.41) is 15.0. The second kappa shape index (κ2) is 12.2. The van der Waals surface area contributed by atoms with E-state index in [0.29, 0.717) is 33.9 Å². The fraction of sp³-hybridized carbons (Fsp3) is 0.346. The molecule has 10 heteroatoms. The summed E-state index contributed by atoms with van der Waals surface area (Å²) in [5.41, 5.74) is 4.87. The number of allylic oxidation sites excluding steroid dienone is 2. The maximum atomic E-state index is 13.4. The number of carbonyl (C=O) groups is 4. The normalized spacial score (nSPS) is 18.4. The first kappa shape index (κ1) is 26.8. The molecule has 2 aliphatic rings. The van der Waals surface area contributed by atoms with Crippen LogP contribution < -0.4 is 15.4 Å². The molecule has 0 radical (unpaired) electrons. The van der Waals surface area contributed by atoms with Gasteiger partial charge in [0, 0.05) is 11.6 Å². The zero-order valence-corrected chi connectivity index (χ0v) is 20.8. The SMILES string of the molecule is CC[C@@H](NC(=O)N1CC(=O)NC[C@@H](Cc2cc(Cl)ccc2OC)C1=O)C1=CC=C(CC(=O)O)C=C=C1. The Kier molecular flexibility index (Phi) is 9.11. The Balaban J connectivity index is 1.79. The lowest BCUT2D eigenvalue weighted by Gasteiger charge is -2.25. The molecule has 36 heavy (non-hydrogen) atoms. The van der Waals surface area contributed by atoms with Gasteiger partial charge in [-0.25, -0.2) is 4.79 Å². The monoisotopic (exact) mass is 513 g/mol. The van der Waals surface area contributed by atoms with Crippen molar-refractivity contribution in [1.82, 2.24) is 15.5 Å². The Bertz CT molecular complexity index is 1180. The van der Waals surface area contributed by atoms with Gasteiger partial charge in [-0.15, -0.1) is 5.73 Å². The summed E-state index contributed by atoms with van der Waals surface area (Å²) in [6.45, 7) is 1.53. The van der Waals surface area contributed by atoms with Crippen LogP contribution in [0.1, 0.15) is 25.3 Å². The third-order valence-electron chi connectivity index (χ3n) is 5.89. The number of halogens is 1. The number of hydrogen-bond donors (Lipinski definition) is 3. The summed E-state index contributed by atoms with van der Waals surface area (Å²) in [4.78, 5) is 50.8. The first-order chi connectivity index (χ1) is 17.2. The van der Waals surface area contributed by atoms with E-state index in [1.54, 1.807) is 42.5 Å². The largest absolute Gasteiger partial charge is 0.496 e. The number of rotatable bonds is 8. The molecule has 3 N–H and O–H groups in total. The number of ether oxygens (including phenoxy) is 1. The number of methoxy groups -OCH3 is 1. The zero-order chi connectivity index (χ0) is 26.2. The minimum Gasteiger partial charge on any atom is -0.496 e. The Morgan fingerprint density at radius 1 is 1.31 bits per heavy atom. The highest BCUT2D eigenvalue weighted by Gasteiger charge is 2.35. The zero-order valence-electron chi connectivity index (χ0n) is 20.0. The molecule has 1 aliphatic carbocycles. The van der Waals surface area contributed by atoms with Crippen LogP contribution in [0.25, 0.3) is 0 Å². The molecule has 1 saturated heterocycles. The molecule has 190 valence electrons. The number of nitrogens with one attached hydrogen (secondary N) is 2. The quantitative estimate of drug-likeness (QED) is 0.459. The second-order valence-electron chi connectivity index (χ2n) is 8.43. The minimum atomic E-state index is -0.959. The van der Waals surface area contributed by atoms with Crippen LogP contribution >= 0.6 is 11.6 Å². The summed E-state index contributed by atoms with van der Waals surface area (Å²) < 4.78 is 5.37. The molecule has 0 unspecified atom stereocenters. The number of benzene rings is 1. The third-order valence-corrected chi connectivity index (χ3v) is 6.12. The van der Waals surface area contributed by atoms with E-state index in [1.807, 2.05) is 6.92 Å². The molecule has 1 heterocycles. The van der Waals surface area contributed by atoms with Gasteiger partial charge in [0.05, 0.1) is 25.5 Å². The predicted molar refractivity (Wildman–Crippen MR) is 134 cm³/mol. The molecular formula is C26H28ClN3O6. The van der Waals surface area contributed by atoms with Crippen molar-refractivity contribution in [2.45, 2.75) is 32.2 Å². The average Bonchev–Trinajstić information content (AvgIpc) is 3.15. The molecule has 1 aromatic rings. The Morgan fingerprint density at radius 3 is 2.78 bits per heavy atom. The number of imide groups is 1. The molecule has 1 fully saturated rings. The van der Waals surface area contributed by atoms with Crippen LogP contribution in [-0.2, 0) is 20.8 Å². The van der Waals surface area contributed by atoms with Gasteiger partial charge in [-0.1, -0.05) is 30.7 Å². The maximum Gasteiger partial charge on any atom is 0.325 e. The van der Waals surface area contributed by atoms with Gasteiger partial charge in [0.25, 0.3) is 0 Å². The molecule has 1 aliphatic heterocycles. The lowest BCUT2D eigenvalue weighted by Crippen LogP contribution is -2.50. The van der Waals surface area contributed by atoms with Crippen molar-refractivity contribution >= 4 is 35.4 Å². The van der Waals surface area contributed by atoms with E-state index in [0.717, 1.165) is 4.90 Å². The number of hydrogen-bond acceptors (Lipinski definition) is 5. The average molecular weight is 514 g/mol. The van der Waals surface area contributed by atoms with Crippen LogP contribution in [0.15, 0.2) is 59.4 Å². The van der Waals surface area contributed by atoms with Crippen molar-refractivity contribution in [2.24, 2.45) is 5.92 Å². The first-order valence-corrected chi connectivity index (χ1v) is 11.9. The van der Waals surface area contributed by atoms with E-state index in [2.05, 4.69) is 16.4 Å². The summed E-state index contributed by atoms with van der Waals surface area (Å²) in [6.07, 6.45) is 7.18. The summed E-state index contributed by atoms with van der Waals surface area (Å²) in [6, 6.07) is 3.90. The number of carbonyl (C=O) groups excluding carboxylic acids is 3. The van der Waals surface area contributed by atoms with Crippen molar-refractivity contribution in [3.05, 3.63) is 70.0 Å². The molecule has 3 rings (SSSR count). The summed E-state index contributed by atoms with van der Waals surface area (Å²) in [7, 11) is 1.51. The van der Waals surface area contributed by atoms with E-state index < -0.39 is 42.3 Å². The van der Waals surface area contributed by atoms with Gasteiger partial charge in [-0.2, -0.15) is 0 Å². The lowest BCUT2D eigenvalue weighted by atomic mass is 9.97. The molecule has 0 saturated carbocycles. The fourth-order valence-corrected chi connectivity index (χ4v) is 4.21. The molecule has 4 amide bonds. The number of carboxylic acids is 1. The van der Waals surface area contributed by atoms with Gasteiger partial charge >= 0.3 is 12.0 Å². The second-order valence-corrected chi connectivity index (χ2v) is 8.87. The van der Waals surface area contributed by atoms with Gasteiger partial charge < -0.3 is 20.5 Å². The van der Waals surface area contributed by atoms with Crippen LogP contribution in [-0.4, -0.2) is 60.1 Å². The smallest absolute Gasteiger partial charge is 0.325 e. The Labute approximate surface area is 214 Å². The van der Waals surface area contributed by atoms with Crippen LogP contribution in [0, 0.1) is 5.92 Å². The minimum absolute atomic E-state index is 0.0736. The highest BCUT2D eigenvalue weighted by Crippen LogP contribution is 2.26. The number of carboxylic acid groups (broad SMARTS) is 1. The first-order valence-electron chi connectivity index (χ1n) is 11.5. The van der Waals surface area contributed by atoms with Gasteiger partial charge in [0.15, 0.2) is 0 Å². The van der Waals surface area contributed by atoms with E-state index in [9.17, 15) is 19.2 Å². The van der Waals surface area contributed by atoms with Crippen molar-refractivity contribution in [2.75, 3.05) is 20.2 Å². The van der Waals surface area contributed by atoms with Crippen LogP contribution in [0.4, 0.5) is 4.79 Å². The van der Waals surface area contributed by atoms with E-state index in [4.69, 9.17) is 21.4 Å². The molecule has 2 atom stereocenters. The van der Waals surface area contributed by atoms with Gasteiger partial charge in [-0.05, 0) is 59.9 Å². The molecule has 0 bridgehead atoms. The highest BCUT2D eigenvalue weighted by atomic mass is 35.5. The fourth-order valence-electron chi connectivity index (χ4n) is 4.02. The predicted octanol–water partition coefficient (Wildman–Crippen LogP) is 3.01. The van der Waals surface area contributed by atoms with Crippen LogP contribution in [0.3, 0.4) is 0 Å². The number of urea groups is 1. The highest BCUT2D eigenvalue weighted by molar-refractivity contribution is 6.30. The van der Waals surface area contributed by atoms with Crippen molar-refractivity contribution in [3.8, 4) is 5.75 Å². The molecule has 0 aromatic heterocycles. The standard InChI is InChI=1S/C26H28ClN3O6/c1-3-21(17-6-4-5-16(7-8-17)11-24(32)33)29-26(35)30-15-23(31)28-14-19(25(30)34)12-18-13-20(27)9-10-22(18)36-2/h5-10,13,19,21H,3,11-12,14-15H2,1-2H3,(H,28,31)(H,29,35)(H,32,33)/t19-,21-/m1/s1. The third kappa shape index (κ3) is 6.87. The van der Waals surface area contributed by atoms with Gasteiger partial charge in [0.2, 0.25) is 11.8 Å². The Morgan fingerprint density at radius 2 is 2.08 bits per heavy atom. The van der Waals surface area contributed by atoms with Gasteiger partial charge in [0.1, 0.15) is 12.3 Å². The van der Waals surface area contributed by atoms with Crippen LogP contribution in [0.5, 0.6) is 5.75 Å². The summed E-state index contributed by atoms with van der Waals surface area (Å²) >= 11 is 6.12. The maximum absolute atomic E-state index is 13.4. The number of amides is 4. The van der Waals surface area contributed by atoms with Crippen LogP contribution in [0.2, 0.25) is 5.02 Å². The van der Waals surface area contributed by atoms with Gasteiger partial charge in [-0.3, -0.25) is 19.3 Å². The molecule has 0 spiro atoms.